The summed E-state index contributed by atoms with van der Waals surface area (Å²) in [5.74, 6) is 0. The van der Waals surface area contributed by atoms with Gasteiger partial charge in [0.25, 0.3) is 10.0 Å². The fourth-order valence-corrected chi connectivity index (χ4v) is 5.28. The topological polar surface area (TPSA) is 107 Å². The van der Waals surface area contributed by atoms with Crippen molar-refractivity contribution in [2.24, 2.45) is 0 Å². The first-order chi connectivity index (χ1) is 16.0. The molecule has 0 amide bonds. The molecule has 3 heterocycles. The molecule has 0 aliphatic carbocycles. The van der Waals surface area contributed by atoms with Crippen molar-refractivity contribution in [2.45, 2.75) is 30.7 Å². The van der Waals surface area contributed by atoms with Gasteiger partial charge in [0, 0.05) is 18.1 Å². The Labute approximate surface area is 194 Å². The van der Waals surface area contributed by atoms with Gasteiger partial charge in [-0.05, 0) is 49.7 Å². The van der Waals surface area contributed by atoms with Gasteiger partial charge in [-0.2, -0.15) is 0 Å². The molecule has 8 heteroatoms. The van der Waals surface area contributed by atoms with E-state index in [2.05, 4.69) is 40.2 Å². The molecule has 172 valence electrons. The van der Waals surface area contributed by atoms with Gasteiger partial charge < -0.3 is 11.5 Å². The lowest BCUT2D eigenvalue weighted by atomic mass is 10.1. The summed E-state index contributed by atoms with van der Waals surface area (Å²) in [6.45, 7) is 3.71. The van der Waals surface area contributed by atoms with Gasteiger partial charge in [-0.1, -0.05) is 55.0 Å². The Morgan fingerprint density at radius 3 is 2.15 bits per heavy atom. The molecule has 4 N–H and O–H groups in total. The number of hydrogen-bond donors (Lipinski definition) is 2. The second kappa shape index (κ2) is 10.1. The van der Waals surface area contributed by atoms with E-state index in [-0.39, 0.29) is 10.5 Å². The number of pyridine rings is 1. The van der Waals surface area contributed by atoms with Gasteiger partial charge >= 0.3 is 0 Å². The third kappa shape index (κ3) is 5.18. The van der Waals surface area contributed by atoms with Crippen LogP contribution in [0.5, 0.6) is 0 Å². The fourth-order valence-electron chi connectivity index (χ4n) is 3.96. The summed E-state index contributed by atoms with van der Waals surface area (Å²) in [5.41, 5.74) is 13.9. The van der Waals surface area contributed by atoms with E-state index in [1.807, 2.05) is 0 Å². The zero-order valence-corrected chi connectivity index (χ0v) is 19.3. The van der Waals surface area contributed by atoms with Crippen molar-refractivity contribution in [1.29, 1.82) is 0 Å². The number of nitrogens with two attached hydrogens (primary N) is 2. The van der Waals surface area contributed by atoms with Gasteiger partial charge in [0.2, 0.25) is 0 Å². The van der Waals surface area contributed by atoms with E-state index in [4.69, 9.17) is 11.5 Å². The molecule has 5 rings (SSSR count). The Hall–Kier alpha value is -3.36. The molecule has 0 spiro atoms. The molecule has 1 aliphatic heterocycles. The minimum absolute atomic E-state index is 0.190. The number of benzene rings is 2. The third-order valence-corrected chi connectivity index (χ3v) is 7.43. The number of piperidine rings is 1. The number of anilines is 2. The molecule has 1 saturated heterocycles. The van der Waals surface area contributed by atoms with Crippen molar-refractivity contribution >= 4 is 32.4 Å². The van der Waals surface area contributed by atoms with Gasteiger partial charge in [-0.3, -0.25) is 4.90 Å². The molecule has 0 saturated carbocycles. The lowest BCUT2D eigenvalue weighted by molar-refractivity contribution is 0.221. The molecular formula is C25H29N5O2S. The summed E-state index contributed by atoms with van der Waals surface area (Å²) in [7, 11) is -3.69. The van der Waals surface area contributed by atoms with Crippen LogP contribution in [0.1, 0.15) is 24.8 Å². The summed E-state index contributed by atoms with van der Waals surface area (Å²) in [4.78, 5) is 6.82. The zero-order valence-electron chi connectivity index (χ0n) is 18.5. The fraction of sp³-hybridized carbons (Fsp3) is 0.240. The number of fused-ring (bicyclic) bond motifs is 1. The van der Waals surface area contributed by atoms with Crippen LogP contribution in [0.25, 0.3) is 11.0 Å². The smallest absolute Gasteiger partial charge is 0.269 e. The second-order valence-electron chi connectivity index (χ2n) is 8.12. The lowest BCUT2D eigenvalue weighted by Gasteiger charge is -2.26. The average Bonchev–Trinajstić information content (AvgIpc) is 3.30. The van der Waals surface area contributed by atoms with E-state index < -0.39 is 10.0 Å². The predicted octanol–water partition coefficient (Wildman–Crippen LogP) is 4.11. The van der Waals surface area contributed by atoms with E-state index in [1.165, 1.54) is 62.4 Å². The largest absolute Gasteiger partial charge is 0.396 e. The summed E-state index contributed by atoms with van der Waals surface area (Å²) in [5, 5.41) is 0.518. The summed E-state index contributed by atoms with van der Waals surface area (Å²) in [6, 6.07) is 20.5. The van der Waals surface area contributed by atoms with Crippen molar-refractivity contribution in [3.05, 3.63) is 84.7 Å². The SMILES string of the molecule is Nc1cnc2c(ccn2S(=O)(=O)c2ccccc2)c1N.c1ccc(CN2CCCCC2)cc1. The molecule has 0 bridgehead atoms. The van der Waals surface area contributed by atoms with Gasteiger partial charge in [0.1, 0.15) is 0 Å². The highest BCUT2D eigenvalue weighted by atomic mass is 32.2. The Kier molecular flexibility index (Phi) is 6.96. The highest BCUT2D eigenvalue weighted by molar-refractivity contribution is 7.90. The van der Waals surface area contributed by atoms with Gasteiger partial charge in [0.15, 0.2) is 5.65 Å². The summed E-state index contributed by atoms with van der Waals surface area (Å²) in [6.07, 6.45) is 6.97. The maximum absolute atomic E-state index is 12.6. The zero-order chi connectivity index (χ0) is 23.3. The highest BCUT2D eigenvalue weighted by Crippen LogP contribution is 2.27. The van der Waals surface area contributed by atoms with Gasteiger partial charge in [-0.15, -0.1) is 0 Å². The molecule has 4 aromatic rings. The Bertz CT molecular complexity index is 1300. The number of rotatable bonds is 4. The van der Waals surface area contributed by atoms with Crippen LogP contribution in [-0.4, -0.2) is 35.4 Å². The number of hydrogen-bond acceptors (Lipinski definition) is 6. The lowest BCUT2D eigenvalue weighted by Crippen LogP contribution is -2.28. The van der Waals surface area contributed by atoms with Crippen LogP contribution >= 0.6 is 0 Å². The van der Waals surface area contributed by atoms with E-state index in [9.17, 15) is 8.42 Å². The molecule has 0 atom stereocenters. The van der Waals surface area contributed by atoms with E-state index >= 15 is 0 Å². The molecule has 7 nitrogen and oxygen atoms in total. The number of nitrogens with zero attached hydrogens (tertiary/aromatic N) is 3. The first-order valence-electron chi connectivity index (χ1n) is 11.0. The number of nitrogen functional groups attached to an aromatic ring is 2. The van der Waals surface area contributed by atoms with E-state index in [0.29, 0.717) is 16.8 Å². The Balaban J connectivity index is 0.000000172. The molecular weight excluding hydrogens is 434 g/mol. The van der Waals surface area contributed by atoms with Crippen LogP contribution in [0.15, 0.2) is 84.0 Å². The highest BCUT2D eigenvalue weighted by Gasteiger charge is 2.20. The monoisotopic (exact) mass is 463 g/mol. The van der Waals surface area contributed by atoms with Crippen molar-refractivity contribution in [1.82, 2.24) is 13.9 Å². The van der Waals surface area contributed by atoms with Crippen LogP contribution in [0.4, 0.5) is 11.4 Å². The van der Waals surface area contributed by atoms with E-state index in [0.717, 1.165) is 10.5 Å². The van der Waals surface area contributed by atoms with Crippen molar-refractivity contribution < 1.29 is 8.42 Å². The van der Waals surface area contributed by atoms with Crippen LogP contribution in [0.2, 0.25) is 0 Å². The molecule has 2 aromatic carbocycles. The third-order valence-electron chi connectivity index (χ3n) is 5.75. The molecule has 0 radical (unpaired) electrons. The summed E-state index contributed by atoms with van der Waals surface area (Å²) < 4.78 is 26.2. The van der Waals surface area contributed by atoms with E-state index in [1.54, 1.807) is 24.3 Å². The molecule has 2 aromatic heterocycles. The van der Waals surface area contributed by atoms with Crippen molar-refractivity contribution in [2.75, 3.05) is 24.6 Å². The minimum atomic E-state index is -3.69. The average molecular weight is 464 g/mol. The normalized spacial score (nSPS) is 14.5. The maximum Gasteiger partial charge on any atom is 0.269 e. The Morgan fingerprint density at radius 2 is 1.48 bits per heavy atom. The maximum atomic E-state index is 12.6. The van der Waals surface area contributed by atoms with Gasteiger partial charge in [-0.25, -0.2) is 17.4 Å². The van der Waals surface area contributed by atoms with Crippen LogP contribution < -0.4 is 11.5 Å². The van der Waals surface area contributed by atoms with Crippen molar-refractivity contribution in [3.63, 3.8) is 0 Å². The number of likely N-dealkylation sites (tertiary alicyclic amines) is 1. The molecule has 1 aliphatic rings. The molecule has 0 unspecified atom stereocenters. The van der Waals surface area contributed by atoms with Crippen LogP contribution in [-0.2, 0) is 16.6 Å². The second-order valence-corrected chi connectivity index (χ2v) is 9.93. The predicted molar refractivity (Wildman–Crippen MR) is 133 cm³/mol. The summed E-state index contributed by atoms with van der Waals surface area (Å²) >= 11 is 0. The van der Waals surface area contributed by atoms with Crippen LogP contribution in [0, 0.1) is 0 Å². The Morgan fingerprint density at radius 1 is 0.848 bits per heavy atom. The molecule has 1 fully saturated rings. The molecule has 33 heavy (non-hydrogen) atoms. The quantitative estimate of drug-likeness (QED) is 0.472. The van der Waals surface area contributed by atoms with Gasteiger partial charge in [0.05, 0.1) is 22.5 Å². The van der Waals surface area contributed by atoms with Crippen molar-refractivity contribution in [3.8, 4) is 0 Å². The minimum Gasteiger partial charge on any atom is -0.396 e. The first kappa shape index (κ1) is 22.8. The van der Waals surface area contributed by atoms with Crippen LogP contribution in [0.3, 0.4) is 0 Å². The first-order valence-corrected chi connectivity index (χ1v) is 12.5. The standard InChI is InChI=1S/C13H12N4O2S.C12H17N/c14-11-8-16-13-10(12(11)15)6-7-17(13)20(18,19)9-4-2-1-3-5-9;1-3-7-12(8-4-1)11-13-9-5-2-6-10-13/h1-8H,14H2,(H2,15,16);1,3-4,7-8H,2,5-6,9-11H2. The number of aromatic nitrogens is 2.